The smallest absolute Gasteiger partial charge is 0.335 e. The lowest BCUT2D eigenvalue weighted by atomic mass is 10.2. The molecule has 0 atom stereocenters. The van der Waals surface area contributed by atoms with Crippen LogP contribution < -0.4 is 4.74 Å². The number of aromatic nitrogens is 1. The molecule has 0 bridgehead atoms. The highest BCUT2D eigenvalue weighted by atomic mass is 16.5. The molecule has 1 aromatic heterocycles. The Morgan fingerprint density at radius 1 is 1.33 bits per heavy atom. The summed E-state index contributed by atoms with van der Waals surface area (Å²) in [6.45, 7) is 3.34. The molecular weight excluding hydrogens is 190 g/mol. The van der Waals surface area contributed by atoms with Crippen molar-refractivity contribution in [3.8, 4) is 5.75 Å². The lowest BCUT2D eigenvalue weighted by Crippen LogP contribution is -2.03. The summed E-state index contributed by atoms with van der Waals surface area (Å²) in [6.07, 6.45) is 2.79. The number of pyridine rings is 1. The van der Waals surface area contributed by atoms with Crippen LogP contribution in [0.15, 0.2) is 49.2 Å². The van der Waals surface area contributed by atoms with Crippen molar-refractivity contribution in [3.63, 3.8) is 0 Å². The predicted octanol–water partition coefficient (Wildman–Crippen LogP) is 2.33. The third kappa shape index (κ3) is 1.86. The van der Waals surface area contributed by atoms with Gasteiger partial charge in [-0.25, -0.2) is 4.79 Å². The van der Waals surface area contributed by atoms with Crippen LogP contribution >= 0.6 is 0 Å². The summed E-state index contributed by atoms with van der Waals surface area (Å²) in [7, 11) is 0. The second kappa shape index (κ2) is 3.92. The first kappa shape index (κ1) is 9.40. The number of esters is 1. The van der Waals surface area contributed by atoms with E-state index in [1.807, 2.05) is 24.3 Å². The summed E-state index contributed by atoms with van der Waals surface area (Å²) in [5.74, 6) is -0.0221. The van der Waals surface area contributed by atoms with Crippen molar-refractivity contribution in [1.29, 1.82) is 0 Å². The third-order valence-electron chi connectivity index (χ3n) is 1.97. The summed E-state index contributed by atoms with van der Waals surface area (Å²) in [5.41, 5.74) is 0.676. The van der Waals surface area contributed by atoms with Crippen LogP contribution in [0.4, 0.5) is 0 Å². The van der Waals surface area contributed by atoms with Crippen molar-refractivity contribution >= 4 is 16.9 Å². The van der Waals surface area contributed by atoms with E-state index in [0.29, 0.717) is 11.3 Å². The van der Waals surface area contributed by atoms with E-state index in [-0.39, 0.29) is 0 Å². The molecule has 0 spiro atoms. The van der Waals surface area contributed by atoms with Gasteiger partial charge in [-0.3, -0.25) is 4.98 Å². The molecule has 0 aliphatic rings. The van der Waals surface area contributed by atoms with Gasteiger partial charge in [-0.15, -0.1) is 0 Å². The number of hydrogen-bond acceptors (Lipinski definition) is 3. The summed E-state index contributed by atoms with van der Waals surface area (Å²) in [5, 5.41) is 0.937. The highest BCUT2D eigenvalue weighted by Crippen LogP contribution is 2.22. The minimum Gasteiger partial charge on any atom is -0.421 e. The van der Waals surface area contributed by atoms with Crippen LogP contribution in [0.2, 0.25) is 0 Å². The van der Waals surface area contributed by atoms with Crippen molar-refractivity contribution < 1.29 is 9.53 Å². The zero-order valence-corrected chi connectivity index (χ0v) is 8.01. The fourth-order valence-electron chi connectivity index (χ4n) is 1.31. The standard InChI is InChI=1S/C12H9NO2/c1-2-11(14)15-10-7-3-5-9-6-4-8-13-12(9)10/h2-8H,1H2. The lowest BCUT2D eigenvalue weighted by Gasteiger charge is -2.04. The van der Waals surface area contributed by atoms with Gasteiger partial charge >= 0.3 is 5.97 Å². The number of para-hydroxylation sites is 1. The van der Waals surface area contributed by atoms with E-state index in [2.05, 4.69) is 11.6 Å². The Kier molecular flexibility index (Phi) is 2.46. The normalized spacial score (nSPS) is 9.87. The Bertz CT molecular complexity index is 515. The molecular formula is C12H9NO2. The molecule has 0 amide bonds. The minimum atomic E-state index is -0.479. The third-order valence-corrected chi connectivity index (χ3v) is 1.97. The molecule has 0 saturated carbocycles. The van der Waals surface area contributed by atoms with Crippen molar-refractivity contribution in [1.82, 2.24) is 4.98 Å². The van der Waals surface area contributed by atoms with Crippen LogP contribution in [0.5, 0.6) is 5.75 Å². The molecule has 3 heteroatoms. The Morgan fingerprint density at radius 2 is 2.13 bits per heavy atom. The van der Waals surface area contributed by atoms with Crippen molar-refractivity contribution in [3.05, 3.63) is 49.2 Å². The zero-order chi connectivity index (χ0) is 10.7. The van der Waals surface area contributed by atoms with Crippen LogP contribution in [0.25, 0.3) is 10.9 Å². The summed E-state index contributed by atoms with van der Waals surface area (Å²) in [6, 6.07) is 9.18. The average molecular weight is 199 g/mol. The van der Waals surface area contributed by atoms with Gasteiger partial charge in [0, 0.05) is 17.7 Å². The van der Waals surface area contributed by atoms with Gasteiger partial charge in [0.2, 0.25) is 0 Å². The summed E-state index contributed by atoms with van der Waals surface area (Å²) < 4.78 is 5.06. The Labute approximate surface area is 87.0 Å². The van der Waals surface area contributed by atoms with Crippen LogP contribution in [-0.2, 0) is 4.79 Å². The first-order chi connectivity index (χ1) is 7.31. The zero-order valence-electron chi connectivity index (χ0n) is 8.01. The van der Waals surface area contributed by atoms with Crippen molar-refractivity contribution in [2.75, 3.05) is 0 Å². The number of ether oxygens (including phenoxy) is 1. The van der Waals surface area contributed by atoms with E-state index in [1.165, 1.54) is 0 Å². The minimum absolute atomic E-state index is 0.456. The van der Waals surface area contributed by atoms with Crippen LogP contribution in [0.3, 0.4) is 0 Å². The molecule has 2 rings (SSSR count). The molecule has 2 aromatic rings. The number of fused-ring (bicyclic) bond motifs is 1. The van der Waals surface area contributed by atoms with Gasteiger partial charge < -0.3 is 4.74 Å². The fourth-order valence-corrected chi connectivity index (χ4v) is 1.31. The maximum atomic E-state index is 11.1. The maximum Gasteiger partial charge on any atom is 0.335 e. The number of carbonyl (C=O) groups excluding carboxylic acids is 1. The van der Waals surface area contributed by atoms with Crippen molar-refractivity contribution in [2.45, 2.75) is 0 Å². The van der Waals surface area contributed by atoms with Gasteiger partial charge in [0.15, 0.2) is 5.75 Å². The number of hydrogen-bond donors (Lipinski definition) is 0. The molecule has 0 fully saturated rings. The number of nitrogens with zero attached hydrogens (tertiary/aromatic N) is 1. The van der Waals surface area contributed by atoms with E-state index in [0.717, 1.165) is 11.5 Å². The van der Waals surface area contributed by atoms with Crippen LogP contribution in [-0.4, -0.2) is 11.0 Å². The van der Waals surface area contributed by atoms with Crippen molar-refractivity contribution in [2.24, 2.45) is 0 Å². The van der Waals surface area contributed by atoms with Gasteiger partial charge in [-0.05, 0) is 12.1 Å². The van der Waals surface area contributed by atoms with Gasteiger partial charge in [-0.2, -0.15) is 0 Å². The van der Waals surface area contributed by atoms with Crippen LogP contribution in [0.1, 0.15) is 0 Å². The Morgan fingerprint density at radius 3 is 2.93 bits per heavy atom. The molecule has 0 aliphatic carbocycles. The molecule has 15 heavy (non-hydrogen) atoms. The molecule has 0 radical (unpaired) electrons. The van der Waals surface area contributed by atoms with Gasteiger partial charge in [0.1, 0.15) is 5.52 Å². The SMILES string of the molecule is C=CC(=O)Oc1cccc2cccnc12. The fraction of sp³-hybridized carbons (Fsp3) is 0. The molecule has 74 valence electrons. The molecule has 1 heterocycles. The quantitative estimate of drug-likeness (QED) is 0.423. The molecule has 3 nitrogen and oxygen atoms in total. The van der Waals surface area contributed by atoms with E-state index in [4.69, 9.17) is 4.74 Å². The van der Waals surface area contributed by atoms with E-state index in [1.54, 1.807) is 12.3 Å². The summed E-state index contributed by atoms with van der Waals surface area (Å²) in [4.78, 5) is 15.2. The molecule has 0 unspecified atom stereocenters. The molecule has 0 saturated heterocycles. The number of carbonyl (C=O) groups is 1. The number of rotatable bonds is 2. The first-order valence-electron chi connectivity index (χ1n) is 4.49. The van der Waals surface area contributed by atoms with E-state index in [9.17, 15) is 4.79 Å². The topological polar surface area (TPSA) is 39.2 Å². The average Bonchev–Trinajstić information content (AvgIpc) is 2.29. The molecule has 0 aliphatic heterocycles. The highest BCUT2D eigenvalue weighted by Gasteiger charge is 2.05. The molecule has 0 N–H and O–H groups in total. The van der Waals surface area contributed by atoms with E-state index >= 15 is 0 Å². The van der Waals surface area contributed by atoms with Gasteiger partial charge in [0.25, 0.3) is 0 Å². The highest BCUT2D eigenvalue weighted by molar-refractivity contribution is 5.89. The van der Waals surface area contributed by atoms with Gasteiger partial charge in [-0.1, -0.05) is 24.8 Å². The molecule has 1 aromatic carbocycles. The summed E-state index contributed by atoms with van der Waals surface area (Å²) >= 11 is 0. The lowest BCUT2D eigenvalue weighted by molar-refractivity contribution is -0.128. The van der Waals surface area contributed by atoms with Crippen LogP contribution in [0, 0.1) is 0 Å². The second-order valence-electron chi connectivity index (χ2n) is 2.96. The van der Waals surface area contributed by atoms with E-state index < -0.39 is 5.97 Å². The maximum absolute atomic E-state index is 11.1. The van der Waals surface area contributed by atoms with Gasteiger partial charge in [0.05, 0.1) is 0 Å². The Balaban J connectivity index is 2.51. The largest absolute Gasteiger partial charge is 0.421 e. The number of benzene rings is 1. The monoisotopic (exact) mass is 199 g/mol. The Hall–Kier alpha value is -2.16. The first-order valence-corrected chi connectivity index (χ1v) is 4.49. The second-order valence-corrected chi connectivity index (χ2v) is 2.96. The predicted molar refractivity (Wildman–Crippen MR) is 57.6 cm³/mol.